The molecule has 8 heteroatoms. The Hall–Kier alpha value is -3.26. The Morgan fingerprint density at radius 1 is 1.10 bits per heavy atom. The maximum atomic E-state index is 12.1. The molecule has 158 valence electrons. The number of carbonyl (C=O) groups excluding carboxylic acids is 1. The Morgan fingerprint density at radius 3 is 2.60 bits per heavy atom. The van der Waals surface area contributed by atoms with E-state index in [1.54, 1.807) is 0 Å². The maximum absolute atomic E-state index is 12.1. The van der Waals surface area contributed by atoms with Crippen molar-refractivity contribution in [2.75, 3.05) is 27.2 Å². The van der Waals surface area contributed by atoms with Crippen LogP contribution in [-0.2, 0) is 17.9 Å². The summed E-state index contributed by atoms with van der Waals surface area (Å²) in [4.78, 5) is 15.7. The molecule has 0 atom stereocenters. The molecule has 30 heavy (non-hydrogen) atoms. The minimum atomic E-state index is 0.00436. The fourth-order valence-corrected chi connectivity index (χ4v) is 2.76. The van der Waals surface area contributed by atoms with Crippen molar-refractivity contribution in [1.29, 1.82) is 0 Å². The van der Waals surface area contributed by atoms with Gasteiger partial charge >= 0.3 is 0 Å². The van der Waals surface area contributed by atoms with E-state index in [1.165, 1.54) is 4.80 Å². The standard InChI is InChI=1S/C22H28N6O2/c1-27(2)15-16-30-20-12-10-18(11-13-20)17-23-21(29)9-6-14-28-25-22(24-26-28)19-7-4-3-5-8-19/h3-5,7-8,10-13H,6,9,14-17H2,1-2H3,(H,23,29). The molecular weight excluding hydrogens is 380 g/mol. The fourth-order valence-electron chi connectivity index (χ4n) is 2.76. The first-order valence-corrected chi connectivity index (χ1v) is 10.1. The Morgan fingerprint density at radius 2 is 1.87 bits per heavy atom. The van der Waals surface area contributed by atoms with E-state index < -0.39 is 0 Å². The molecule has 0 unspecified atom stereocenters. The Balaban J connectivity index is 1.35. The van der Waals surface area contributed by atoms with Crippen LogP contribution in [0.2, 0.25) is 0 Å². The quantitative estimate of drug-likeness (QED) is 0.524. The predicted octanol–water partition coefficient (Wildman–Crippen LogP) is 2.38. The van der Waals surface area contributed by atoms with Gasteiger partial charge in [-0.15, -0.1) is 10.2 Å². The van der Waals surface area contributed by atoms with E-state index in [0.717, 1.165) is 23.4 Å². The summed E-state index contributed by atoms with van der Waals surface area (Å²) in [5.41, 5.74) is 1.96. The minimum absolute atomic E-state index is 0.00436. The topological polar surface area (TPSA) is 85.2 Å². The van der Waals surface area contributed by atoms with Crippen LogP contribution in [0, 0.1) is 0 Å². The molecule has 0 radical (unpaired) electrons. The number of hydrogen-bond donors (Lipinski definition) is 1. The third-order valence-electron chi connectivity index (χ3n) is 4.47. The number of tetrazole rings is 1. The van der Waals surface area contributed by atoms with Crippen molar-refractivity contribution < 1.29 is 9.53 Å². The van der Waals surface area contributed by atoms with Gasteiger partial charge in [-0.3, -0.25) is 4.79 Å². The summed E-state index contributed by atoms with van der Waals surface area (Å²) < 4.78 is 5.67. The van der Waals surface area contributed by atoms with Crippen LogP contribution in [0.15, 0.2) is 54.6 Å². The monoisotopic (exact) mass is 408 g/mol. The summed E-state index contributed by atoms with van der Waals surface area (Å²) in [6, 6.07) is 17.5. The number of nitrogens with one attached hydrogen (secondary N) is 1. The van der Waals surface area contributed by atoms with Crippen molar-refractivity contribution in [1.82, 2.24) is 30.4 Å². The van der Waals surface area contributed by atoms with Gasteiger partial charge in [0.15, 0.2) is 0 Å². The lowest BCUT2D eigenvalue weighted by atomic mass is 10.2. The summed E-state index contributed by atoms with van der Waals surface area (Å²) in [5, 5.41) is 15.4. The first kappa shape index (κ1) is 21.4. The second-order valence-electron chi connectivity index (χ2n) is 7.25. The first-order chi connectivity index (χ1) is 14.6. The molecule has 0 aliphatic heterocycles. The van der Waals surface area contributed by atoms with Crippen molar-refractivity contribution in [3.8, 4) is 17.1 Å². The predicted molar refractivity (Wildman–Crippen MR) is 115 cm³/mol. The van der Waals surface area contributed by atoms with E-state index >= 15 is 0 Å². The Kier molecular flexibility index (Phi) is 7.91. The van der Waals surface area contributed by atoms with Gasteiger partial charge in [-0.25, -0.2) is 0 Å². The molecule has 1 amide bonds. The van der Waals surface area contributed by atoms with Crippen molar-refractivity contribution in [3.63, 3.8) is 0 Å². The van der Waals surface area contributed by atoms with Crippen LogP contribution < -0.4 is 10.1 Å². The van der Waals surface area contributed by atoms with E-state index in [4.69, 9.17) is 4.74 Å². The second kappa shape index (κ2) is 11.1. The van der Waals surface area contributed by atoms with Crippen molar-refractivity contribution >= 4 is 5.91 Å². The molecule has 1 heterocycles. The van der Waals surface area contributed by atoms with Crippen LogP contribution in [-0.4, -0.2) is 58.3 Å². The van der Waals surface area contributed by atoms with Crippen LogP contribution in [0.3, 0.4) is 0 Å². The summed E-state index contributed by atoms with van der Waals surface area (Å²) in [5.74, 6) is 1.43. The van der Waals surface area contributed by atoms with Gasteiger partial charge in [0.1, 0.15) is 12.4 Å². The molecule has 3 aromatic rings. The van der Waals surface area contributed by atoms with E-state index in [9.17, 15) is 4.79 Å². The van der Waals surface area contributed by atoms with Crippen LogP contribution in [0.25, 0.3) is 11.4 Å². The molecule has 8 nitrogen and oxygen atoms in total. The summed E-state index contributed by atoms with van der Waals surface area (Å²) in [6.45, 7) is 2.56. The summed E-state index contributed by atoms with van der Waals surface area (Å²) >= 11 is 0. The van der Waals surface area contributed by atoms with Crippen molar-refractivity contribution in [2.24, 2.45) is 0 Å². The lowest BCUT2D eigenvalue weighted by Crippen LogP contribution is -2.23. The Bertz CT molecular complexity index is 909. The van der Waals surface area contributed by atoms with Gasteiger partial charge in [0, 0.05) is 25.1 Å². The van der Waals surface area contributed by atoms with Gasteiger partial charge in [-0.1, -0.05) is 42.5 Å². The molecule has 0 aliphatic carbocycles. The zero-order chi connectivity index (χ0) is 21.2. The number of benzene rings is 2. The smallest absolute Gasteiger partial charge is 0.220 e. The van der Waals surface area contributed by atoms with E-state index in [0.29, 0.717) is 38.4 Å². The Labute approximate surface area is 176 Å². The zero-order valence-electron chi connectivity index (χ0n) is 17.5. The molecule has 0 saturated heterocycles. The number of aryl methyl sites for hydroxylation is 1. The number of ether oxygens (including phenoxy) is 1. The molecule has 3 rings (SSSR count). The van der Waals surface area contributed by atoms with Gasteiger partial charge in [0.25, 0.3) is 0 Å². The number of amides is 1. The second-order valence-corrected chi connectivity index (χ2v) is 7.25. The van der Waals surface area contributed by atoms with Crippen LogP contribution in [0.1, 0.15) is 18.4 Å². The van der Waals surface area contributed by atoms with Gasteiger partial charge in [-0.05, 0) is 43.4 Å². The number of hydrogen-bond acceptors (Lipinski definition) is 6. The molecule has 2 aromatic carbocycles. The van der Waals surface area contributed by atoms with Gasteiger partial charge in [0.05, 0.1) is 6.54 Å². The molecule has 0 fully saturated rings. The van der Waals surface area contributed by atoms with E-state index in [1.807, 2.05) is 68.7 Å². The summed E-state index contributed by atoms with van der Waals surface area (Å²) in [7, 11) is 4.03. The van der Waals surface area contributed by atoms with Crippen molar-refractivity contribution in [3.05, 3.63) is 60.2 Å². The highest BCUT2D eigenvalue weighted by atomic mass is 16.5. The third kappa shape index (κ3) is 6.97. The average molecular weight is 409 g/mol. The number of nitrogens with zero attached hydrogens (tertiary/aromatic N) is 5. The minimum Gasteiger partial charge on any atom is -0.492 e. The van der Waals surface area contributed by atoms with Gasteiger partial charge < -0.3 is 15.0 Å². The van der Waals surface area contributed by atoms with E-state index in [-0.39, 0.29) is 5.91 Å². The molecule has 1 aromatic heterocycles. The average Bonchev–Trinajstić information content (AvgIpc) is 3.22. The number of likely N-dealkylation sites (N-methyl/N-ethyl adjacent to an activating group) is 1. The first-order valence-electron chi connectivity index (χ1n) is 10.1. The highest BCUT2D eigenvalue weighted by Gasteiger charge is 2.07. The molecular formula is C22H28N6O2. The lowest BCUT2D eigenvalue weighted by Gasteiger charge is -2.11. The van der Waals surface area contributed by atoms with Gasteiger partial charge in [-0.2, -0.15) is 4.80 Å². The lowest BCUT2D eigenvalue weighted by molar-refractivity contribution is -0.121. The molecule has 0 saturated carbocycles. The highest BCUT2D eigenvalue weighted by Crippen LogP contribution is 2.13. The van der Waals surface area contributed by atoms with E-state index in [2.05, 4.69) is 25.6 Å². The number of rotatable bonds is 11. The molecule has 0 aliphatic rings. The van der Waals surface area contributed by atoms with Crippen molar-refractivity contribution in [2.45, 2.75) is 25.9 Å². The zero-order valence-corrected chi connectivity index (χ0v) is 17.5. The molecule has 1 N–H and O–H groups in total. The normalized spacial score (nSPS) is 10.9. The third-order valence-corrected chi connectivity index (χ3v) is 4.47. The van der Waals surface area contributed by atoms with Crippen LogP contribution in [0.5, 0.6) is 5.75 Å². The highest BCUT2D eigenvalue weighted by molar-refractivity contribution is 5.75. The number of aromatic nitrogens is 4. The largest absolute Gasteiger partial charge is 0.492 e. The number of carbonyl (C=O) groups is 1. The van der Waals surface area contributed by atoms with Gasteiger partial charge in [0.2, 0.25) is 11.7 Å². The van der Waals surface area contributed by atoms with Crippen LogP contribution >= 0.6 is 0 Å². The molecule has 0 spiro atoms. The SMILES string of the molecule is CN(C)CCOc1ccc(CNC(=O)CCCn2nnc(-c3ccccc3)n2)cc1. The molecule has 0 bridgehead atoms. The summed E-state index contributed by atoms with van der Waals surface area (Å²) in [6.07, 6.45) is 1.06. The maximum Gasteiger partial charge on any atom is 0.220 e. The fraction of sp³-hybridized carbons (Fsp3) is 0.364. The van der Waals surface area contributed by atoms with Crippen LogP contribution in [0.4, 0.5) is 0 Å².